The summed E-state index contributed by atoms with van der Waals surface area (Å²) in [6.45, 7) is 5.83. The summed E-state index contributed by atoms with van der Waals surface area (Å²) in [6, 6.07) is 8.23. The first kappa shape index (κ1) is 18.0. The van der Waals surface area contributed by atoms with Gasteiger partial charge in [-0.05, 0) is 51.8 Å². The van der Waals surface area contributed by atoms with Gasteiger partial charge in [-0.2, -0.15) is 0 Å². The van der Waals surface area contributed by atoms with Crippen LogP contribution >= 0.6 is 0 Å². The van der Waals surface area contributed by atoms with Crippen LogP contribution in [0.3, 0.4) is 0 Å². The first-order valence-corrected chi connectivity index (χ1v) is 9.68. The second kappa shape index (κ2) is 6.64. The number of likely N-dealkylation sites (tertiary alicyclic amines) is 1. The molecule has 2 aliphatic rings. The molecule has 7 nitrogen and oxygen atoms in total. The van der Waals surface area contributed by atoms with Gasteiger partial charge in [0.05, 0.1) is 17.1 Å². The number of carbonyl (C=O) groups is 2. The van der Waals surface area contributed by atoms with Gasteiger partial charge in [-0.25, -0.2) is 9.78 Å². The zero-order valence-electron chi connectivity index (χ0n) is 16.2. The van der Waals surface area contributed by atoms with Crippen molar-refractivity contribution in [2.45, 2.75) is 44.7 Å². The van der Waals surface area contributed by atoms with Gasteiger partial charge in [-0.15, -0.1) is 0 Å². The molecule has 2 aromatic rings. The second-order valence-electron chi connectivity index (χ2n) is 8.08. The molecular formula is C20H27N5O2. The Labute approximate surface area is 159 Å². The Hall–Kier alpha value is -2.41. The molecule has 0 spiro atoms. The average molecular weight is 369 g/mol. The Kier molecular flexibility index (Phi) is 4.42. The normalized spacial score (nSPS) is 22.8. The lowest BCUT2D eigenvalue weighted by Gasteiger charge is -2.25. The molecule has 27 heavy (non-hydrogen) atoms. The quantitative estimate of drug-likeness (QED) is 0.822. The Balaban J connectivity index is 1.43. The number of hydrogen-bond acceptors (Lipinski definition) is 4. The summed E-state index contributed by atoms with van der Waals surface area (Å²) in [5.74, 6) is 0.964. The third-order valence-electron chi connectivity index (χ3n) is 5.75. The lowest BCUT2D eigenvalue weighted by molar-refractivity contribution is -0.130. The minimum Gasteiger partial charge on any atom is -0.330 e. The molecule has 1 unspecified atom stereocenters. The van der Waals surface area contributed by atoms with Crippen LogP contribution in [0.1, 0.15) is 45.0 Å². The van der Waals surface area contributed by atoms with E-state index in [1.807, 2.05) is 12.1 Å². The first-order chi connectivity index (χ1) is 12.9. The van der Waals surface area contributed by atoms with Crippen LogP contribution in [0.15, 0.2) is 24.3 Å². The Morgan fingerprint density at radius 3 is 2.70 bits per heavy atom. The lowest BCUT2D eigenvalue weighted by Crippen LogP contribution is -2.40. The van der Waals surface area contributed by atoms with Crippen molar-refractivity contribution in [1.82, 2.24) is 24.7 Å². The van der Waals surface area contributed by atoms with E-state index in [9.17, 15) is 9.59 Å². The van der Waals surface area contributed by atoms with Gasteiger partial charge in [0.15, 0.2) is 0 Å². The van der Waals surface area contributed by atoms with Gasteiger partial charge < -0.3 is 9.88 Å². The molecule has 7 heteroatoms. The van der Waals surface area contributed by atoms with Crippen LogP contribution in [-0.4, -0.2) is 56.5 Å². The number of nitrogens with zero attached hydrogens (tertiary/aromatic N) is 4. The zero-order chi connectivity index (χ0) is 19.2. The predicted octanol–water partition coefficient (Wildman–Crippen LogP) is 2.43. The topological polar surface area (TPSA) is 70.5 Å². The van der Waals surface area contributed by atoms with E-state index in [0.717, 1.165) is 49.2 Å². The van der Waals surface area contributed by atoms with Crippen molar-refractivity contribution >= 4 is 23.0 Å². The molecule has 2 saturated heterocycles. The smallest absolute Gasteiger partial charge is 0.325 e. The summed E-state index contributed by atoms with van der Waals surface area (Å²) in [5.41, 5.74) is 1.39. The number of imide groups is 1. The fourth-order valence-corrected chi connectivity index (χ4v) is 4.30. The molecule has 0 saturated carbocycles. The van der Waals surface area contributed by atoms with Crippen molar-refractivity contribution < 1.29 is 9.59 Å². The lowest BCUT2D eigenvalue weighted by atomic mass is 10.1. The van der Waals surface area contributed by atoms with Crippen LogP contribution in [0.2, 0.25) is 0 Å². The van der Waals surface area contributed by atoms with E-state index in [-0.39, 0.29) is 11.9 Å². The number of nitrogens with one attached hydrogen (secondary N) is 1. The first-order valence-electron chi connectivity index (χ1n) is 9.68. The van der Waals surface area contributed by atoms with E-state index in [0.29, 0.717) is 12.6 Å². The number of fused-ring (bicyclic) bond motifs is 1. The molecular weight excluding hydrogens is 342 g/mol. The van der Waals surface area contributed by atoms with Crippen LogP contribution in [0, 0.1) is 0 Å². The van der Waals surface area contributed by atoms with Crippen molar-refractivity contribution in [3.05, 3.63) is 30.1 Å². The third-order valence-corrected chi connectivity index (χ3v) is 5.75. The molecule has 2 aliphatic heterocycles. The van der Waals surface area contributed by atoms with E-state index >= 15 is 0 Å². The van der Waals surface area contributed by atoms with Crippen LogP contribution in [0.5, 0.6) is 0 Å². The molecule has 1 aromatic heterocycles. The molecule has 0 aliphatic carbocycles. The van der Waals surface area contributed by atoms with Crippen molar-refractivity contribution in [2.24, 2.45) is 7.05 Å². The highest BCUT2D eigenvalue weighted by atomic mass is 16.2. The molecule has 3 heterocycles. The van der Waals surface area contributed by atoms with E-state index < -0.39 is 5.54 Å². The van der Waals surface area contributed by atoms with Gasteiger partial charge in [0.1, 0.15) is 11.4 Å². The molecule has 1 atom stereocenters. The maximum Gasteiger partial charge on any atom is 0.325 e. The van der Waals surface area contributed by atoms with E-state index in [2.05, 4.69) is 34.0 Å². The summed E-state index contributed by atoms with van der Waals surface area (Å²) in [5, 5.41) is 2.74. The van der Waals surface area contributed by atoms with Gasteiger partial charge in [-0.1, -0.05) is 12.1 Å². The fourth-order valence-electron chi connectivity index (χ4n) is 4.30. The number of aromatic nitrogens is 2. The summed E-state index contributed by atoms with van der Waals surface area (Å²) < 4.78 is 2.19. The highest BCUT2D eigenvalue weighted by Crippen LogP contribution is 2.33. The molecule has 144 valence electrons. The Bertz CT molecular complexity index is 888. The number of aryl methyl sites for hydroxylation is 1. The van der Waals surface area contributed by atoms with E-state index in [1.54, 1.807) is 13.8 Å². The summed E-state index contributed by atoms with van der Waals surface area (Å²) in [4.78, 5) is 33.0. The molecule has 4 rings (SSSR count). The molecule has 0 bridgehead atoms. The van der Waals surface area contributed by atoms with E-state index in [4.69, 9.17) is 4.98 Å². The summed E-state index contributed by atoms with van der Waals surface area (Å²) in [7, 11) is 2.08. The van der Waals surface area contributed by atoms with Crippen molar-refractivity contribution in [3.63, 3.8) is 0 Å². The molecule has 1 N–H and O–H groups in total. The second-order valence-corrected chi connectivity index (χ2v) is 8.08. The maximum atomic E-state index is 12.3. The number of urea groups is 1. The third kappa shape index (κ3) is 3.10. The van der Waals surface area contributed by atoms with Crippen LogP contribution in [0.4, 0.5) is 4.79 Å². The number of para-hydroxylation sites is 2. The van der Waals surface area contributed by atoms with Crippen LogP contribution < -0.4 is 5.32 Å². The molecule has 0 radical (unpaired) electrons. The zero-order valence-corrected chi connectivity index (χ0v) is 16.2. The monoisotopic (exact) mass is 369 g/mol. The number of rotatable bonds is 5. The van der Waals surface area contributed by atoms with Gasteiger partial charge in [0.2, 0.25) is 0 Å². The fraction of sp³-hybridized carbons (Fsp3) is 0.550. The number of carbonyl (C=O) groups excluding carboxylic acids is 2. The van der Waals surface area contributed by atoms with Gasteiger partial charge in [0, 0.05) is 20.1 Å². The highest BCUT2D eigenvalue weighted by Gasteiger charge is 2.43. The Morgan fingerprint density at radius 2 is 2.00 bits per heavy atom. The van der Waals surface area contributed by atoms with Gasteiger partial charge in [0.25, 0.3) is 5.91 Å². The van der Waals surface area contributed by atoms with Crippen molar-refractivity contribution in [2.75, 3.05) is 19.6 Å². The molecule has 1 aromatic carbocycles. The maximum absolute atomic E-state index is 12.3. The average Bonchev–Trinajstić information content (AvgIpc) is 3.27. The van der Waals surface area contributed by atoms with Crippen LogP contribution in [-0.2, 0) is 11.8 Å². The number of amides is 3. The van der Waals surface area contributed by atoms with Crippen molar-refractivity contribution in [1.29, 1.82) is 0 Å². The number of hydrogen-bond donors (Lipinski definition) is 1. The van der Waals surface area contributed by atoms with Crippen molar-refractivity contribution in [3.8, 4) is 0 Å². The molecule has 3 amide bonds. The Morgan fingerprint density at radius 1 is 1.22 bits per heavy atom. The minimum absolute atomic E-state index is 0.138. The minimum atomic E-state index is -0.791. The van der Waals surface area contributed by atoms with Crippen LogP contribution in [0.25, 0.3) is 11.0 Å². The van der Waals surface area contributed by atoms with Gasteiger partial charge in [-0.3, -0.25) is 14.6 Å². The number of benzene rings is 1. The molecule has 2 fully saturated rings. The largest absolute Gasteiger partial charge is 0.330 e. The standard InChI is InChI=1S/C20H27N5O2/c1-20(2)18(26)25(19(27)22-20)13-7-12-24-11-6-10-16(24)17-21-14-8-4-5-9-15(14)23(17)3/h4-5,8-9,16H,6-7,10-13H2,1-3H3,(H,22,27). The summed E-state index contributed by atoms with van der Waals surface area (Å²) >= 11 is 0. The predicted molar refractivity (Wildman–Crippen MR) is 103 cm³/mol. The summed E-state index contributed by atoms with van der Waals surface area (Å²) in [6.07, 6.45) is 3.01. The van der Waals surface area contributed by atoms with Gasteiger partial charge >= 0.3 is 6.03 Å². The highest BCUT2D eigenvalue weighted by molar-refractivity contribution is 6.06. The van der Waals surface area contributed by atoms with E-state index in [1.165, 1.54) is 4.90 Å². The SMILES string of the molecule is Cn1c(C2CCCN2CCCN2C(=O)NC(C)(C)C2=O)nc2ccccc21. The number of imidazole rings is 1.